The molecule has 0 spiro atoms. The highest BCUT2D eigenvalue weighted by Crippen LogP contribution is 1.99. The third-order valence-corrected chi connectivity index (χ3v) is 2.13. The summed E-state index contributed by atoms with van der Waals surface area (Å²) in [5.41, 5.74) is 5.40. The van der Waals surface area contributed by atoms with Crippen LogP contribution in [0.25, 0.3) is 0 Å². The zero-order valence-electron chi connectivity index (χ0n) is 9.89. The fraction of sp³-hybridized carbons (Fsp3) is 0.800. The van der Waals surface area contributed by atoms with E-state index in [1.54, 1.807) is 6.92 Å². The van der Waals surface area contributed by atoms with Crippen LogP contribution in [-0.4, -0.2) is 54.0 Å². The van der Waals surface area contributed by atoms with Crippen molar-refractivity contribution in [1.29, 1.82) is 0 Å². The van der Waals surface area contributed by atoms with Crippen LogP contribution < -0.4 is 11.1 Å². The van der Waals surface area contributed by atoms with Crippen molar-refractivity contribution in [1.82, 2.24) is 5.32 Å². The first kappa shape index (κ1) is 15.8. The molecule has 2 atom stereocenters. The van der Waals surface area contributed by atoms with Crippen LogP contribution in [0.3, 0.4) is 0 Å². The molecule has 1 unspecified atom stereocenters. The van der Waals surface area contributed by atoms with Crippen LogP contribution in [0.5, 0.6) is 0 Å². The summed E-state index contributed by atoms with van der Waals surface area (Å²) in [4.78, 5) is 22.2. The molecule has 5 N–H and O–H groups in total. The van der Waals surface area contributed by atoms with Crippen molar-refractivity contribution in [3.05, 3.63) is 0 Å². The van der Waals surface area contributed by atoms with E-state index < -0.39 is 24.0 Å². The lowest BCUT2D eigenvalue weighted by Gasteiger charge is -2.17. The van der Waals surface area contributed by atoms with Crippen LogP contribution in [0, 0.1) is 0 Å². The third kappa shape index (κ3) is 6.88. The largest absolute Gasteiger partial charge is 0.480 e. The number of aliphatic hydroxyl groups excluding tert-OH is 1. The molecule has 0 aliphatic carbocycles. The summed E-state index contributed by atoms with van der Waals surface area (Å²) in [6.45, 7) is 2.11. The third-order valence-electron chi connectivity index (χ3n) is 2.13. The van der Waals surface area contributed by atoms with E-state index in [9.17, 15) is 9.59 Å². The number of carboxylic acid groups (broad SMARTS) is 1. The first-order valence-corrected chi connectivity index (χ1v) is 5.49. The fourth-order valence-corrected chi connectivity index (χ4v) is 1.29. The first-order valence-electron chi connectivity index (χ1n) is 5.49. The van der Waals surface area contributed by atoms with Crippen molar-refractivity contribution in [2.45, 2.75) is 31.9 Å². The Morgan fingerprint density at radius 2 is 2.12 bits per heavy atom. The highest BCUT2D eigenvalue weighted by Gasteiger charge is 2.21. The minimum Gasteiger partial charge on any atom is -0.480 e. The molecule has 0 aromatic heterocycles. The molecular weight excluding hydrogens is 228 g/mol. The molecule has 7 heteroatoms. The van der Waals surface area contributed by atoms with Gasteiger partial charge in [0, 0.05) is 26.2 Å². The number of hydrogen-bond acceptors (Lipinski definition) is 5. The molecule has 7 nitrogen and oxygen atoms in total. The summed E-state index contributed by atoms with van der Waals surface area (Å²) in [6, 6.07) is -1.08. The van der Waals surface area contributed by atoms with Gasteiger partial charge in [-0.2, -0.15) is 0 Å². The number of carbonyl (C=O) groups is 2. The van der Waals surface area contributed by atoms with Gasteiger partial charge in [-0.25, -0.2) is 4.79 Å². The molecule has 1 amide bonds. The van der Waals surface area contributed by atoms with Crippen LogP contribution in [0.15, 0.2) is 0 Å². The number of carbonyl (C=O) groups excluding carboxylic acids is 1. The van der Waals surface area contributed by atoms with E-state index in [2.05, 4.69) is 5.32 Å². The van der Waals surface area contributed by atoms with Gasteiger partial charge in [0.2, 0.25) is 5.91 Å². The summed E-state index contributed by atoms with van der Waals surface area (Å²) in [7, 11) is 0. The normalized spacial score (nSPS) is 14.1. The molecule has 0 fully saturated rings. The second-order valence-corrected chi connectivity index (χ2v) is 3.49. The molecular formula is C10H20N2O5. The van der Waals surface area contributed by atoms with Crippen LogP contribution in [0.4, 0.5) is 0 Å². The number of hydrogen-bond donors (Lipinski definition) is 4. The van der Waals surface area contributed by atoms with Gasteiger partial charge in [-0.3, -0.25) is 4.79 Å². The van der Waals surface area contributed by atoms with E-state index in [1.807, 2.05) is 0 Å². The Morgan fingerprint density at radius 1 is 1.47 bits per heavy atom. The van der Waals surface area contributed by atoms with E-state index in [-0.39, 0.29) is 26.0 Å². The number of carboxylic acids is 1. The van der Waals surface area contributed by atoms with E-state index in [0.717, 1.165) is 0 Å². The van der Waals surface area contributed by atoms with Crippen molar-refractivity contribution < 1.29 is 24.5 Å². The van der Waals surface area contributed by atoms with Gasteiger partial charge in [0.05, 0.1) is 12.5 Å². The lowest BCUT2D eigenvalue weighted by molar-refractivity contribution is -0.142. The van der Waals surface area contributed by atoms with Gasteiger partial charge < -0.3 is 26.0 Å². The maximum atomic E-state index is 11.5. The number of nitrogens with one attached hydrogen (secondary N) is 1. The topological polar surface area (TPSA) is 122 Å². The summed E-state index contributed by atoms with van der Waals surface area (Å²) in [5.74, 6) is -1.62. The van der Waals surface area contributed by atoms with E-state index in [0.29, 0.717) is 6.61 Å². The van der Waals surface area contributed by atoms with Gasteiger partial charge in [0.15, 0.2) is 0 Å². The van der Waals surface area contributed by atoms with Crippen molar-refractivity contribution in [2.75, 3.05) is 19.8 Å². The van der Waals surface area contributed by atoms with Crippen LogP contribution >= 0.6 is 0 Å². The molecule has 0 saturated carbocycles. The van der Waals surface area contributed by atoms with E-state index in [1.165, 1.54) is 0 Å². The average Bonchev–Trinajstić information content (AvgIpc) is 2.27. The van der Waals surface area contributed by atoms with Crippen LogP contribution in [-0.2, 0) is 14.3 Å². The predicted molar refractivity (Wildman–Crippen MR) is 60.4 cm³/mol. The molecule has 0 rings (SSSR count). The van der Waals surface area contributed by atoms with Crippen LogP contribution in [0.2, 0.25) is 0 Å². The zero-order valence-corrected chi connectivity index (χ0v) is 9.89. The van der Waals surface area contributed by atoms with Crippen molar-refractivity contribution in [2.24, 2.45) is 5.73 Å². The van der Waals surface area contributed by atoms with Gasteiger partial charge in [-0.05, 0) is 6.92 Å². The number of rotatable bonds is 9. The fourth-order valence-electron chi connectivity index (χ4n) is 1.29. The minimum atomic E-state index is -1.17. The Labute approximate surface area is 99.9 Å². The highest BCUT2D eigenvalue weighted by atomic mass is 16.5. The second kappa shape index (κ2) is 8.91. The molecule has 100 valence electrons. The smallest absolute Gasteiger partial charge is 0.326 e. The molecule has 0 bridgehead atoms. The summed E-state index contributed by atoms with van der Waals surface area (Å²) >= 11 is 0. The van der Waals surface area contributed by atoms with Gasteiger partial charge in [-0.1, -0.05) is 0 Å². The van der Waals surface area contributed by atoms with Crippen molar-refractivity contribution in [3.63, 3.8) is 0 Å². The quantitative estimate of drug-likeness (QED) is 0.402. The average molecular weight is 248 g/mol. The first-order chi connectivity index (χ1) is 8.04. The Morgan fingerprint density at radius 3 is 2.53 bits per heavy atom. The number of nitrogens with two attached hydrogens (primary N) is 1. The molecule has 0 radical (unpaired) electrons. The summed E-state index contributed by atoms with van der Waals surface area (Å²) < 4.78 is 5.18. The van der Waals surface area contributed by atoms with Gasteiger partial charge >= 0.3 is 5.97 Å². The SMILES string of the molecule is CCOC(CN)CC(=O)N[C@@H](CCO)C(=O)O. The predicted octanol–water partition coefficient (Wildman–Crippen LogP) is -1.31. The maximum Gasteiger partial charge on any atom is 0.326 e. The highest BCUT2D eigenvalue weighted by molar-refractivity contribution is 5.83. The molecule has 0 aliphatic heterocycles. The maximum absolute atomic E-state index is 11.5. The van der Waals surface area contributed by atoms with Crippen molar-refractivity contribution >= 4 is 11.9 Å². The number of aliphatic hydroxyl groups is 1. The van der Waals surface area contributed by atoms with Crippen molar-refractivity contribution in [3.8, 4) is 0 Å². The Kier molecular flexibility index (Phi) is 8.29. The minimum absolute atomic E-state index is 0.0134. The molecule has 0 saturated heterocycles. The monoisotopic (exact) mass is 248 g/mol. The molecule has 0 heterocycles. The molecule has 0 aromatic rings. The van der Waals surface area contributed by atoms with Gasteiger partial charge in [-0.15, -0.1) is 0 Å². The van der Waals surface area contributed by atoms with Gasteiger partial charge in [0.25, 0.3) is 0 Å². The number of ether oxygens (including phenoxy) is 1. The standard InChI is InChI=1S/C10H20N2O5/c1-2-17-7(6-11)5-9(14)12-8(3-4-13)10(15)16/h7-8,13H,2-6,11H2,1H3,(H,12,14)(H,15,16)/t7?,8-/m0/s1. The molecule has 0 aliphatic rings. The molecule has 17 heavy (non-hydrogen) atoms. The van der Waals surface area contributed by atoms with E-state index in [4.69, 9.17) is 20.7 Å². The summed E-state index contributed by atoms with van der Waals surface area (Å²) in [6.07, 6.45) is -0.425. The Hall–Kier alpha value is -1.18. The lowest BCUT2D eigenvalue weighted by atomic mass is 10.2. The van der Waals surface area contributed by atoms with Crippen LogP contribution in [0.1, 0.15) is 19.8 Å². The van der Waals surface area contributed by atoms with Gasteiger partial charge in [0.1, 0.15) is 6.04 Å². The zero-order chi connectivity index (χ0) is 13.3. The van der Waals surface area contributed by atoms with E-state index >= 15 is 0 Å². The Balaban J connectivity index is 4.16. The lowest BCUT2D eigenvalue weighted by Crippen LogP contribution is -2.43. The number of aliphatic carboxylic acids is 1. The summed E-state index contributed by atoms with van der Waals surface area (Å²) in [5, 5.41) is 19.7. The second-order valence-electron chi connectivity index (χ2n) is 3.49. The Bertz CT molecular complexity index is 247. The molecule has 0 aromatic carbocycles. The number of amides is 1.